The van der Waals surface area contributed by atoms with Gasteiger partial charge >= 0.3 is 5.97 Å². The zero-order valence-electron chi connectivity index (χ0n) is 13.1. The fourth-order valence-electron chi connectivity index (χ4n) is 2.60. The Hall–Kier alpha value is -1.31. The fraction of sp³-hybridized carbons (Fsp3) is 0.533. The van der Waals surface area contributed by atoms with E-state index in [1.165, 1.54) is 23.5 Å². The molecule has 0 spiro atoms. The van der Waals surface area contributed by atoms with Gasteiger partial charge in [0, 0.05) is 18.1 Å². The van der Waals surface area contributed by atoms with Gasteiger partial charge in [0.05, 0.1) is 19.6 Å². The molecule has 2 rings (SSSR count). The predicted octanol–water partition coefficient (Wildman–Crippen LogP) is 2.31. The molecule has 6 nitrogen and oxygen atoms in total. The van der Waals surface area contributed by atoms with Gasteiger partial charge in [-0.05, 0) is 38.0 Å². The lowest BCUT2D eigenvalue weighted by Gasteiger charge is -2.31. The minimum atomic E-state index is -3.79. The number of benzene rings is 1. The molecule has 0 aromatic heterocycles. The molecule has 0 N–H and O–H groups in total. The second-order valence-corrected chi connectivity index (χ2v) is 7.59. The first-order valence-electron chi connectivity index (χ1n) is 7.40. The van der Waals surface area contributed by atoms with Crippen LogP contribution in [0.1, 0.15) is 19.8 Å². The molecule has 23 heavy (non-hydrogen) atoms. The van der Waals surface area contributed by atoms with E-state index in [4.69, 9.17) is 21.1 Å². The first kappa shape index (κ1) is 18.0. The lowest BCUT2D eigenvalue weighted by Crippen LogP contribution is -2.42. The summed E-state index contributed by atoms with van der Waals surface area (Å²) in [6.45, 7) is 2.47. The van der Waals surface area contributed by atoms with Crippen LogP contribution in [0, 0.1) is 5.92 Å². The largest absolute Gasteiger partial charge is 0.495 e. The van der Waals surface area contributed by atoms with Crippen LogP contribution in [0.25, 0.3) is 0 Å². The molecule has 0 aliphatic carbocycles. The maximum atomic E-state index is 12.9. The Bertz CT molecular complexity index is 676. The fourth-order valence-corrected chi connectivity index (χ4v) is 4.55. The predicted molar refractivity (Wildman–Crippen MR) is 86.1 cm³/mol. The first-order valence-corrected chi connectivity index (χ1v) is 9.22. The highest BCUT2D eigenvalue weighted by Gasteiger charge is 2.35. The van der Waals surface area contributed by atoms with E-state index >= 15 is 0 Å². The van der Waals surface area contributed by atoms with Crippen LogP contribution in [0.3, 0.4) is 0 Å². The number of nitrogens with zero attached hydrogens (tertiary/aromatic N) is 1. The third-order valence-electron chi connectivity index (χ3n) is 3.75. The second kappa shape index (κ2) is 7.51. The van der Waals surface area contributed by atoms with E-state index in [2.05, 4.69) is 0 Å². The van der Waals surface area contributed by atoms with Crippen molar-refractivity contribution in [3.8, 4) is 5.75 Å². The molecule has 0 radical (unpaired) electrons. The molecule has 1 aliphatic heterocycles. The summed E-state index contributed by atoms with van der Waals surface area (Å²) in [7, 11) is -2.39. The average molecular weight is 362 g/mol. The van der Waals surface area contributed by atoms with Gasteiger partial charge in [0.25, 0.3) is 0 Å². The van der Waals surface area contributed by atoms with Crippen molar-refractivity contribution in [2.24, 2.45) is 5.92 Å². The summed E-state index contributed by atoms with van der Waals surface area (Å²) in [6, 6.07) is 4.45. The van der Waals surface area contributed by atoms with E-state index in [0.717, 1.165) is 0 Å². The van der Waals surface area contributed by atoms with E-state index in [1.807, 2.05) is 0 Å². The van der Waals surface area contributed by atoms with Gasteiger partial charge in [0.15, 0.2) is 0 Å². The van der Waals surface area contributed by atoms with Gasteiger partial charge in [-0.3, -0.25) is 4.79 Å². The summed E-state index contributed by atoms with van der Waals surface area (Å²) in [6.07, 6.45) is 1.23. The van der Waals surface area contributed by atoms with E-state index in [0.29, 0.717) is 24.4 Å². The number of rotatable bonds is 5. The van der Waals surface area contributed by atoms with Crippen LogP contribution in [-0.4, -0.2) is 45.5 Å². The number of hydrogen-bond donors (Lipinski definition) is 0. The molecule has 0 saturated carbocycles. The number of sulfonamides is 1. The molecule has 1 atom stereocenters. The van der Waals surface area contributed by atoms with Crippen LogP contribution in [0.4, 0.5) is 0 Å². The maximum absolute atomic E-state index is 12.9. The summed E-state index contributed by atoms with van der Waals surface area (Å²) in [5.41, 5.74) is 0. The molecule has 0 bridgehead atoms. The SMILES string of the molecule is CCOC(=O)[C@H]1CCCN(S(=O)(=O)c2cc(Cl)ccc2OC)C1. The molecule has 128 valence electrons. The third-order valence-corrected chi connectivity index (χ3v) is 5.87. The number of carbonyl (C=O) groups is 1. The van der Waals surface area contributed by atoms with Gasteiger partial charge in [-0.2, -0.15) is 4.31 Å². The molecule has 1 aromatic rings. The second-order valence-electron chi connectivity index (χ2n) is 5.25. The van der Waals surface area contributed by atoms with Crippen LogP contribution >= 0.6 is 11.6 Å². The number of piperidine rings is 1. The lowest BCUT2D eigenvalue weighted by molar-refractivity contribution is -0.149. The van der Waals surface area contributed by atoms with E-state index in [9.17, 15) is 13.2 Å². The Labute approximate surface area is 141 Å². The van der Waals surface area contributed by atoms with Crippen molar-refractivity contribution in [3.05, 3.63) is 23.2 Å². The Kier molecular flexibility index (Phi) is 5.89. The van der Waals surface area contributed by atoms with Crippen molar-refractivity contribution in [2.45, 2.75) is 24.7 Å². The number of halogens is 1. The third kappa shape index (κ3) is 3.97. The molecular formula is C15H20ClNO5S. The average Bonchev–Trinajstić information content (AvgIpc) is 2.55. The lowest BCUT2D eigenvalue weighted by atomic mass is 10.0. The van der Waals surface area contributed by atoms with Crippen molar-refractivity contribution in [1.82, 2.24) is 4.31 Å². The number of esters is 1. The zero-order valence-corrected chi connectivity index (χ0v) is 14.7. The van der Waals surface area contributed by atoms with Crippen LogP contribution < -0.4 is 4.74 Å². The zero-order chi connectivity index (χ0) is 17.0. The first-order chi connectivity index (χ1) is 10.9. The Morgan fingerprint density at radius 3 is 2.83 bits per heavy atom. The number of hydrogen-bond acceptors (Lipinski definition) is 5. The molecule has 1 aliphatic rings. The standard InChI is InChI=1S/C15H20ClNO5S/c1-3-22-15(18)11-5-4-8-17(10-11)23(19,20)14-9-12(16)6-7-13(14)21-2/h6-7,9,11H,3-5,8,10H2,1-2H3/t11-/m0/s1. The summed E-state index contributed by atoms with van der Waals surface area (Å²) in [5.74, 6) is -0.568. The highest BCUT2D eigenvalue weighted by molar-refractivity contribution is 7.89. The van der Waals surface area contributed by atoms with Crippen molar-refractivity contribution >= 4 is 27.6 Å². The van der Waals surface area contributed by atoms with E-state index < -0.39 is 15.9 Å². The van der Waals surface area contributed by atoms with Crippen LogP contribution in [0.15, 0.2) is 23.1 Å². The van der Waals surface area contributed by atoms with Gasteiger partial charge in [0.1, 0.15) is 10.6 Å². The maximum Gasteiger partial charge on any atom is 0.310 e. The molecule has 1 fully saturated rings. The summed E-state index contributed by atoms with van der Waals surface area (Å²) >= 11 is 5.93. The number of methoxy groups -OCH3 is 1. The summed E-state index contributed by atoms with van der Waals surface area (Å²) < 4.78 is 37.2. The van der Waals surface area contributed by atoms with Crippen molar-refractivity contribution < 1.29 is 22.7 Å². The van der Waals surface area contributed by atoms with Crippen LogP contribution in [0.5, 0.6) is 5.75 Å². The summed E-state index contributed by atoms with van der Waals surface area (Å²) in [4.78, 5) is 11.9. The molecule has 8 heteroatoms. The topological polar surface area (TPSA) is 72.9 Å². The van der Waals surface area contributed by atoms with Crippen molar-refractivity contribution in [2.75, 3.05) is 26.8 Å². The van der Waals surface area contributed by atoms with Crippen LogP contribution in [-0.2, 0) is 19.6 Å². The Morgan fingerprint density at radius 1 is 1.43 bits per heavy atom. The number of carbonyl (C=O) groups excluding carboxylic acids is 1. The normalized spacial score (nSPS) is 19.3. The highest BCUT2D eigenvalue weighted by Crippen LogP contribution is 2.32. The smallest absolute Gasteiger partial charge is 0.310 e. The summed E-state index contributed by atoms with van der Waals surface area (Å²) in [5, 5.41) is 0.309. The highest BCUT2D eigenvalue weighted by atomic mass is 35.5. The number of ether oxygens (including phenoxy) is 2. The van der Waals surface area contributed by atoms with E-state index in [1.54, 1.807) is 13.0 Å². The Balaban J connectivity index is 2.29. The molecule has 1 saturated heterocycles. The molecular weight excluding hydrogens is 342 g/mol. The van der Waals surface area contributed by atoms with Gasteiger partial charge in [0.2, 0.25) is 10.0 Å². The molecule has 0 amide bonds. The van der Waals surface area contributed by atoms with Gasteiger partial charge in [-0.1, -0.05) is 11.6 Å². The molecule has 0 unspecified atom stereocenters. The molecule has 1 aromatic carbocycles. The quantitative estimate of drug-likeness (QED) is 0.752. The van der Waals surface area contributed by atoms with Gasteiger partial charge in [-0.25, -0.2) is 8.42 Å². The Morgan fingerprint density at radius 2 is 2.17 bits per heavy atom. The van der Waals surface area contributed by atoms with Crippen LogP contribution in [0.2, 0.25) is 5.02 Å². The van der Waals surface area contributed by atoms with E-state index in [-0.39, 0.29) is 29.8 Å². The van der Waals surface area contributed by atoms with Gasteiger partial charge < -0.3 is 9.47 Å². The minimum absolute atomic E-state index is 0.0111. The van der Waals surface area contributed by atoms with Gasteiger partial charge in [-0.15, -0.1) is 0 Å². The monoisotopic (exact) mass is 361 g/mol. The molecule has 1 heterocycles. The van der Waals surface area contributed by atoms with Crippen molar-refractivity contribution in [1.29, 1.82) is 0 Å². The van der Waals surface area contributed by atoms with Crippen molar-refractivity contribution in [3.63, 3.8) is 0 Å². The minimum Gasteiger partial charge on any atom is -0.495 e.